The second-order valence-corrected chi connectivity index (χ2v) is 3.89. The van der Waals surface area contributed by atoms with Gasteiger partial charge < -0.3 is 5.11 Å². The van der Waals surface area contributed by atoms with Gasteiger partial charge in [0.1, 0.15) is 0 Å². The molecule has 0 atom stereocenters. The molecule has 0 aliphatic rings. The lowest BCUT2D eigenvalue weighted by Gasteiger charge is -2.01. The van der Waals surface area contributed by atoms with Crippen molar-refractivity contribution < 1.29 is 14.3 Å². The summed E-state index contributed by atoms with van der Waals surface area (Å²) in [6, 6.07) is 3.26. The van der Waals surface area contributed by atoms with Gasteiger partial charge in [0, 0.05) is 25.2 Å². The van der Waals surface area contributed by atoms with E-state index in [2.05, 4.69) is 10.1 Å². The topological polar surface area (TPSA) is 68.0 Å². The highest BCUT2D eigenvalue weighted by Gasteiger charge is 2.12. The number of carbonyl (C=O) groups is 1. The van der Waals surface area contributed by atoms with Gasteiger partial charge in [0.25, 0.3) is 0 Å². The maximum Gasteiger partial charge on any atom is 0.303 e. The van der Waals surface area contributed by atoms with E-state index in [1.54, 1.807) is 19.2 Å². The van der Waals surface area contributed by atoms with Crippen LogP contribution in [0.1, 0.15) is 12.1 Å². The lowest BCUT2D eigenvalue weighted by atomic mass is 10.1. The van der Waals surface area contributed by atoms with Crippen molar-refractivity contribution in [3.05, 3.63) is 36.0 Å². The number of halogens is 1. The van der Waals surface area contributed by atoms with Crippen molar-refractivity contribution in [2.24, 2.45) is 7.05 Å². The van der Waals surface area contributed by atoms with E-state index in [-0.39, 0.29) is 6.42 Å². The van der Waals surface area contributed by atoms with Crippen LogP contribution in [0.5, 0.6) is 0 Å². The first-order valence-corrected chi connectivity index (χ1v) is 5.42. The quantitative estimate of drug-likeness (QED) is 0.894. The van der Waals surface area contributed by atoms with Crippen LogP contribution in [0.25, 0.3) is 11.3 Å². The van der Waals surface area contributed by atoms with Crippen LogP contribution in [0.2, 0.25) is 0 Å². The van der Waals surface area contributed by atoms with Crippen LogP contribution in [0.4, 0.5) is 4.39 Å². The minimum absolute atomic E-state index is 0.00921. The van der Waals surface area contributed by atoms with E-state index in [4.69, 9.17) is 5.11 Å². The van der Waals surface area contributed by atoms with Gasteiger partial charge in [-0.05, 0) is 12.1 Å². The Morgan fingerprint density at radius 3 is 3.00 bits per heavy atom. The molecule has 94 valence electrons. The van der Waals surface area contributed by atoms with Crippen LogP contribution in [-0.2, 0) is 18.3 Å². The molecule has 5 nitrogen and oxygen atoms in total. The molecule has 0 unspecified atom stereocenters. The molecule has 1 N–H and O–H groups in total. The standard InChI is InChI=1S/C12H12FN3O2/c1-16-11(9-4-5-14-7-10(9)13)6-8(15-16)2-3-12(17)18/h4-7H,2-3H2,1H3,(H,17,18). The Balaban J connectivity index is 2.30. The van der Waals surface area contributed by atoms with Gasteiger partial charge in [0.15, 0.2) is 5.82 Å². The highest BCUT2D eigenvalue weighted by molar-refractivity contribution is 5.67. The number of aryl methyl sites for hydroxylation is 2. The van der Waals surface area contributed by atoms with Gasteiger partial charge in [-0.3, -0.25) is 14.5 Å². The molecule has 0 saturated carbocycles. The molecule has 0 aliphatic carbocycles. The van der Waals surface area contributed by atoms with Crippen molar-refractivity contribution in [2.45, 2.75) is 12.8 Å². The van der Waals surface area contributed by atoms with Crippen LogP contribution < -0.4 is 0 Å². The molecule has 0 radical (unpaired) electrons. The van der Waals surface area contributed by atoms with E-state index < -0.39 is 11.8 Å². The Morgan fingerprint density at radius 2 is 2.33 bits per heavy atom. The Morgan fingerprint density at radius 1 is 1.56 bits per heavy atom. The predicted octanol–water partition coefficient (Wildman–Crippen LogP) is 1.64. The van der Waals surface area contributed by atoms with Gasteiger partial charge in [0.05, 0.1) is 24.0 Å². The average Bonchev–Trinajstić information content (AvgIpc) is 2.69. The van der Waals surface area contributed by atoms with Crippen molar-refractivity contribution >= 4 is 5.97 Å². The van der Waals surface area contributed by atoms with Crippen molar-refractivity contribution in [1.82, 2.24) is 14.8 Å². The number of aliphatic carboxylic acids is 1. The normalized spacial score (nSPS) is 10.6. The molecule has 18 heavy (non-hydrogen) atoms. The van der Waals surface area contributed by atoms with E-state index >= 15 is 0 Å². The lowest BCUT2D eigenvalue weighted by molar-refractivity contribution is -0.136. The van der Waals surface area contributed by atoms with Crippen molar-refractivity contribution in [1.29, 1.82) is 0 Å². The summed E-state index contributed by atoms with van der Waals surface area (Å²) < 4.78 is 15.1. The van der Waals surface area contributed by atoms with E-state index in [9.17, 15) is 9.18 Å². The summed E-state index contributed by atoms with van der Waals surface area (Å²) in [4.78, 5) is 14.2. The second kappa shape index (κ2) is 4.95. The summed E-state index contributed by atoms with van der Waals surface area (Å²) in [6.45, 7) is 0. The molecule has 6 heteroatoms. The fourth-order valence-electron chi connectivity index (χ4n) is 1.72. The first kappa shape index (κ1) is 12.2. The Kier molecular flexibility index (Phi) is 3.36. The molecule has 2 aromatic heterocycles. The van der Waals surface area contributed by atoms with Gasteiger partial charge in [0.2, 0.25) is 0 Å². The summed E-state index contributed by atoms with van der Waals surface area (Å²) >= 11 is 0. The number of carboxylic acids is 1. The largest absolute Gasteiger partial charge is 0.481 e. The van der Waals surface area contributed by atoms with Crippen molar-refractivity contribution in [3.63, 3.8) is 0 Å². The van der Waals surface area contributed by atoms with Crippen LogP contribution >= 0.6 is 0 Å². The van der Waals surface area contributed by atoms with Crippen LogP contribution in [-0.4, -0.2) is 25.8 Å². The molecular formula is C12H12FN3O2. The second-order valence-electron chi connectivity index (χ2n) is 3.89. The number of carboxylic acid groups (broad SMARTS) is 1. The maximum absolute atomic E-state index is 13.6. The average molecular weight is 249 g/mol. The minimum atomic E-state index is -0.878. The first-order valence-electron chi connectivity index (χ1n) is 5.42. The van der Waals surface area contributed by atoms with Gasteiger partial charge >= 0.3 is 5.97 Å². The van der Waals surface area contributed by atoms with E-state index in [0.29, 0.717) is 23.4 Å². The zero-order valence-corrected chi connectivity index (χ0v) is 9.80. The summed E-state index contributed by atoms with van der Waals surface area (Å²) in [5.74, 6) is -1.30. The zero-order valence-electron chi connectivity index (χ0n) is 9.80. The molecule has 0 saturated heterocycles. The number of pyridine rings is 1. The molecule has 0 amide bonds. The highest BCUT2D eigenvalue weighted by atomic mass is 19.1. The van der Waals surface area contributed by atoms with Gasteiger partial charge in [-0.15, -0.1) is 0 Å². The van der Waals surface area contributed by atoms with Crippen LogP contribution in [0.3, 0.4) is 0 Å². The highest BCUT2D eigenvalue weighted by Crippen LogP contribution is 2.22. The third kappa shape index (κ3) is 2.53. The third-order valence-corrected chi connectivity index (χ3v) is 2.57. The minimum Gasteiger partial charge on any atom is -0.481 e. The van der Waals surface area contributed by atoms with Crippen LogP contribution in [0.15, 0.2) is 24.5 Å². The van der Waals surface area contributed by atoms with Crippen molar-refractivity contribution in [2.75, 3.05) is 0 Å². The molecule has 0 bridgehead atoms. The molecule has 0 aromatic carbocycles. The summed E-state index contributed by atoms with van der Waals surface area (Å²) in [5, 5.41) is 12.8. The summed E-state index contributed by atoms with van der Waals surface area (Å²) in [5.41, 5.74) is 1.64. The van der Waals surface area contributed by atoms with Crippen molar-refractivity contribution in [3.8, 4) is 11.3 Å². The molecule has 2 heterocycles. The Bertz CT molecular complexity index is 580. The lowest BCUT2D eigenvalue weighted by Crippen LogP contribution is -1.99. The smallest absolute Gasteiger partial charge is 0.303 e. The van der Waals surface area contributed by atoms with Gasteiger partial charge in [-0.25, -0.2) is 4.39 Å². The number of hydrogen-bond donors (Lipinski definition) is 1. The Hall–Kier alpha value is -2.24. The first-order chi connectivity index (χ1) is 8.58. The molecule has 0 fully saturated rings. The van der Waals surface area contributed by atoms with E-state index in [1.807, 2.05) is 0 Å². The van der Waals surface area contributed by atoms with Crippen LogP contribution in [0, 0.1) is 5.82 Å². The zero-order chi connectivity index (χ0) is 13.1. The maximum atomic E-state index is 13.6. The predicted molar refractivity (Wildman–Crippen MR) is 62.4 cm³/mol. The fourth-order valence-corrected chi connectivity index (χ4v) is 1.72. The fraction of sp³-hybridized carbons (Fsp3) is 0.250. The van der Waals surface area contributed by atoms with Gasteiger partial charge in [-0.2, -0.15) is 5.10 Å². The number of aromatic nitrogens is 3. The molecule has 0 spiro atoms. The molecular weight excluding hydrogens is 237 g/mol. The molecule has 2 aromatic rings. The molecule has 0 aliphatic heterocycles. The third-order valence-electron chi connectivity index (χ3n) is 2.57. The summed E-state index contributed by atoms with van der Waals surface area (Å²) in [6.07, 6.45) is 2.98. The monoisotopic (exact) mass is 249 g/mol. The number of nitrogens with zero attached hydrogens (tertiary/aromatic N) is 3. The number of rotatable bonds is 4. The summed E-state index contributed by atoms with van der Waals surface area (Å²) in [7, 11) is 1.69. The Labute approximate surface area is 103 Å². The van der Waals surface area contributed by atoms with E-state index in [1.165, 1.54) is 10.9 Å². The SMILES string of the molecule is Cn1nc(CCC(=O)O)cc1-c1ccncc1F. The van der Waals surface area contributed by atoms with Gasteiger partial charge in [-0.1, -0.05) is 0 Å². The molecule has 2 rings (SSSR count). The van der Waals surface area contributed by atoms with E-state index in [0.717, 1.165) is 6.20 Å². The number of hydrogen-bond acceptors (Lipinski definition) is 3.